The summed E-state index contributed by atoms with van der Waals surface area (Å²) in [6, 6.07) is 5.37. The summed E-state index contributed by atoms with van der Waals surface area (Å²) in [5.74, 6) is 0.362. The molecule has 106 valence electrons. The topological polar surface area (TPSA) is 91.8 Å². The van der Waals surface area contributed by atoms with E-state index in [0.717, 1.165) is 11.2 Å². The Morgan fingerprint density at radius 3 is 2.55 bits per heavy atom. The average molecular weight is 295 g/mol. The normalized spacial score (nSPS) is 10.6. The van der Waals surface area contributed by atoms with E-state index in [1.165, 1.54) is 24.3 Å². The number of hydrogen-bond donors (Lipinski definition) is 1. The van der Waals surface area contributed by atoms with Crippen molar-refractivity contribution in [3.63, 3.8) is 0 Å². The molecule has 1 amide bonds. The molecule has 0 spiro atoms. The number of rotatable bonds is 5. The lowest BCUT2D eigenvalue weighted by atomic mass is 10.2. The van der Waals surface area contributed by atoms with Crippen molar-refractivity contribution in [2.24, 2.45) is 0 Å². The molecule has 0 saturated carbocycles. The van der Waals surface area contributed by atoms with Gasteiger partial charge in [0.05, 0.1) is 11.4 Å². The van der Waals surface area contributed by atoms with Crippen LogP contribution in [-0.2, 0) is 14.6 Å². The zero-order valence-electron chi connectivity index (χ0n) is 10.7. The zero-order valence-corrected chi connectivity index (χ0v) is 11.6. The third-order valence-electron chi connectivity index (χ3n) is 2.40. The Labute approximate surface area is 116 Å². The molecule has 0 aliphatic heterocycles. The Bertz CT molecular complexity index is 672. The van der Waals surface area contributed by atoms with Gasteiger partial charge in [0, 0.05) is 11.8 Å². The Kier molecular flexibility index (Phi) is 4.88. The van der Waals surface area contributed by atoms with E-state index >= 15 is 0 Å². The van der Waals surface area contributed by atoms with Crippen molar-refractivity contribution in [1.29, 1.82) is 0 Å². The van der Waals surface area contributed by atoms with Gasteiger partial charge in [0.2, 0.25) is 0 Å². The Hall–Kier alpha value is -2.33. The van der Waals surface area contributed by atoms with Gasteiger partial charge in [-0.2, -0.15) is 0 Å². The molecule has 1 aromatic rings. The van der Waals surface area contributed by atoms with E-state index in [1.54, 1.807) is 0 Å². The summed E-state index contributed by atoms with van der Waals surface area (Å²) in [5.41, 5.74) is 0.0735. The van der Waals surface area contributed by atoms with Gasteiger partial charge >= 0.3 is 5.97 Å². The molecule has 0 atom stereocenters. The van der Waals surface area contributed by atoms with Gasteiger partial charge in [-0.25, -0.2) is 8.42 Å². The minimum absolute atomic E-state index is 0.0145. The second-order valence-corrected chi connectivity index (χ2v) is 6.07. The first-order valence-corrected chi connectivity index (χ1v) is 7.39. The average Bonchev–Trinajstić information content (AvgIpc) is 2.36. The van der Waals surface area contributed by atoms with E-state index in [2.05, 4.69) is 5.92 Å². The fraction of sp³-hybridized carbons (Fsp3) is 0.231. The number of hydrogen-bond acceptors (Lipinski definition) is 4. The number of carbonyl (C=O) groups is 2. The molecule has 0 fully saturated rings. The lowest BCUT2D eigenvalue weighted by Crippen LogP contribution is -2.36. The maximum Gasteiger partial charge on any atom is 0.323 e. The number of terminal acetylenes is 1. The van der Waals surface area contributed by atoms with E-state index < -0.39 is 28.3 Å². The molecule has 1 aromatic carbocycles. The van der Waals surface area contributed by atoms with Crippen molar-refractivity contribution in [2.75, 3.05) is 19.3 Å². The minimum Gasteiger partial charge on any atom is -0.480 e. The van der Waals surface area contributed by atoms with E-state index in [4.69, 9.17) is 11.5 Å². The maximum absolute atomic E-state index is 12.1. The monoisotopic (exact) mass is 295 g/mol. The van der Waals surface area contributed by atoms with E-state index in [0.29, 0.717) is 0 Å². The zero-order chi connectivity index (χ0) is 15.3. The number of aliphatic carboxylic acids is 1. The van der Waals surface area contributed by atoms with Crippen LogP contribution in [0.2, 0.25) is 0 Å². The highest BCUT2D eigenvalue weighted by atomic mass is 32.2. The highest BCUT2D eigenvalue weighted by molar-refractivity contribution is 7.90. The first-order chi connectivity index (χ1) is 9.25. The van der Waals surface area contributed by atoms with Gasteiger partial charge in [-0.05, 0) is 18.2 Å². The quantitative estimate of drug-likeness (QED) is 0.786. The van der Waals surface area contributed by atoms with Gasteiger partial charge in [-0.3, -0.25) is 9.59 Å². The summed E-state index contributed by atoms with van der Waals surface area (Å²) >= 11 is 0. The van der Waals surface area contributed by atoms with E-state index in [9.17, 15) is 18.0 Å². The summed E-state index contributed by atoms with van der Waals surface area (Å²) in [5, 5.41) is 8.73. The second kappa shape index (κ2) is 6.21. The molecule has 20 heavy (non-hydrogen) atoms. The highest BCUT2D eigenvalue weighted by Crippen LogP contribution is 2.13. The predicted octanol–water partition coefficient (Wildman–Crippen LogP) is 0.250. The molecule has 0 heterocycles. The number of nitrogens with zero attached hydrogens (tertiary/aromatic N) is 1. The van der Waals surface area contributed by atoms with Crippen LogP contribution in [0.3, 0.4) is 0 Å². The van der Waals surface area contributed by atoms with Crippen molar-refractivity contribution in [3.8, 4) is 12.3 Å². The van der Waals surface area contributed by atoms with Gasteiger partial charge < -0.3 is 10.0 Å². The van der Waals surface area contributed by atoms with Gasteiger partial charge in [-0.15, -0.1) is 6.42 Å². The Morgan fingerprint density at radius 2 is 2.05 bits per heavy atom. The van der Waals surface area contributed by atoms with Crippen LogP contribution >= 0.6 is 0 Å². The molecule has 1 N–H and O–H groups in total. The minimum atomic E-state index is -3.45. The smallest absolute Gasteiger partial charge is 0.323 e. The van der Waals surface area contributed by atoms with Crippen molar-refractivity contribution >= 4 is 21.7 Å². The molecule has 0 bridgehead atoms. The maximum atomic E-state index is 12.1. The van der Waals surface area contributed by atoms with Crippen LogP contribution in [-0.4, -0.2) is 49.6 Å². The Balaban J connectivity index is 3.13. The van der Waals surface area contributed by atoms with Gasteiger partial charge in [0.25, 0.3) is 5.91 Å². The molecule has 7 heteroatoms. The van der Waals surface area contributed by atoms with Gasteiger partial charge in [0.1, 0.15) is 6.54 Å². The third-order valence-corrected chi connectivity index (χ3v) is 3.51. The van der Waals surface area contributed by atoms with Crippen molar-refractivity contribution in [3.05, 3.63) is 29.8 Å². The molecule has 0 aliphatic rings. The molecular formula is C13H13NO5S. The second-order valence-electron chi connectivity index (χ2n) is 4.06. The largest absolute Gasteiger partial charge is 0.480 e. The lowest BCUT2D eigenvalue weighted by molar-refractivity contribution is -0.137. The summed E-state index contributed by atoms with van der Waals surface area (Å²) < 4.78 is 22.9. The Morgan fingerprint density at radius 1 is 1.40 bits per heavy atom. The van der Waals surface area contributed by atoms with E-state index in [1.807, 2.05) is 0 Å². The molecule has 1 rings (SSSR count). The number of carboxylic acids is 1. The molecule has 0 aromatic heterocycles. The van der Waals surface area contributed by atoms with Crippen molar-refractivity contribution < 1.29 is 23.1 Å². The van der Waals surface area contributed by atoms with Crippen molar-refractivity contribution in [1.82, 2.24) is 4.90 Å². The fourth-order valence-electron chi connectivity index (χ4n) is 1.52. The third kappa shape index (κ3) is 4.10. The van der Waals surface area contributed by atoms with Crippen molar-refractivity contribution in [2.45, 2.75) is 4.90 Å². The first-order valence-electron chi connectivity index (χ1n) is 5.50. The van der Waals surface area contributed by atoms with Crippen LogP contribution in [0.5, 0.6) is 0 Å². The molecule has 0 unspecified atom stereocenters. The number of sulfone groups is 1. The van der Waals surface area contributed by atoms with Crippen LogP contribution in [0.15, 0.2) is 29.2 Å². The van der Waals surface area contributed by atoms with Crippen LogP contribution < -0.4 is 0 Å². The standard InChI is InChI=1S/C13H13NO5S/c1-3-7-14(9-12(15)16)13(17)10-5-4-6-11(8-10)20(2,18)19/h1,4-6,8H,7,9H2,2H3,(H,15,16). The predicted molar refractivity (Wildman–Crippen MR) is 71.9 cm³/mol. The molecular weight excluding hydrogens is 282 g/mol. The van der Waals surface area contributed by atoms with Gasteiger partial charge in [-0.1, -0.05) is 12.0 Å². The highest BCUT2D eigenvalue weighted by Gasteiger charge is 2.19. The first kappa shape index (κ1) is 15.7. The van der Waals surface area contributed by atoms with Crippen LogP contribution in [0.1, 0.15) is 10.4 Å². The van der Waals surface area contributed by atoms with E-state index in [-0.39, 0.29) is 17.0 Å². The summed E-state index contributed by atoms with van der Waals surface area (Å²) in [6.45, 7) is -0.722. The van der Waals surface area contributed by atoms with Gasteiger partial charge in [0.15, 0.2) is 9.84 Å². The van der Waals surface area contributed by atoms with Crippen LogP contribution in [0.4, 0.5) is 0 Å². The number of carbonyl (C=O) groups excluding carboxylic acids is 1. The van der Waals surface area contributed by atoms with Crippen LogP contribution in [0, 0.1) is 12.3 Å². The SMILES string of the molecule is C#CCN(CC(=O)O)C(=O)c1cccc(S(C)(=O)=O)c1. The molecule has 0 saturated heterocycles. The number of amides is 1. The molecule has 0 radical (unpaired) electrons. The fourth-order valence-corrected chi connectivity index (χ4v) is 2.18. The molecule has 0 aliphatic carbocycles. The summed E-state index contributed by atoms with van der Waals surface area (Å²) in [6.07, 6.45) is 6.11. The summed E-state index contributed by atoms with van der Waals surface area (Å²) in [7, 11) is -3.45. The number of carboxylic acid groups (broad SMARTS) is 1. The summed E-state index contributed by atoms with van der Waals surface area (Å²) in [4.78, 5) is 23.7. The van der Waals surface area contributed by atoms with Crippen LogP contribution in [0.25, 0.3) is 0 Å². The number of benzene rings is 1. The molecule has 6 nitrogen and oxygen atoms in total. The lowest BCUT2D eigenvalue weighted by Gasteiger charge is -2.18.